The predicted molar refractivity (Wildman–Crippen MR) is 83.4 cm³/mol. The Kier molecular flexibility index (Phi) is 3.48. The van der Waals surface area contributed by atoms with E-state index in [2.05, 4.69) is 26.3 Å². The first-order valence-electron chi connectivity index (χ1n) is 8.01. The molecule has 4 rings (SSSR count). The summed E-state index contributed by atoms with van der Waals surface area (Å²) >= 11 is 0. The fourth-order valence-electron chi connectivity index (χ4n) is 2.91. The molecule has 23 heavy (non-hydrogen) atoms. The number of nitrogens with zero attached hydrogens (tertiary/aromatic N) is 5. The van der Waals surface area contributed by atoms with E-state index in [0.717, 1.165) is 24.6 Å². The SMILES string of the molecule is Cc1oncc1C(=O)N1CCN(c2ccc(C3CC3)nn2)CC1. The first-order valence-corrected chi connectivity index (χ1v) is 8.01. The van der Waals surface area contributed by atoms with Gasteiger partial charge >= 0.3 is 0 Å². The third-order valence-electron chi connectivity index (χ3n) is 4.54. The van der Waals surface area contributed by atoms with Crippen molar-refractivity contribution in [1.29, 1.82) is 0 Å². The average molecular weight is 313 g/mol. The van der Waals surface area contributed by atoms with E-state index >= 15 is 0 Å². The molecule has 1 amide bonds. The molecule has 2 aromatic rings. The maximum atomic E-state index is 12.4. The van der Waals surface area contributed by atoms with Gasteiger partial charge in [0.25, 0.3) is 5.91 Å². The standard InChI is InChI=1S/C16H19N5O2/c1-11-13(10-17-23-11)16(22)21-8-6-20(7-9-21)15-5-4-14(18-19-15)12-2-3-12/h4-5,10,12H,2-3,6-9H2,1H3. The molecule has 1 aliphatic heterocycles. The number of carbonyl (C=O) groups excluding carboxylic acids is 1. The highest BCUT2D eigenvalue weighted by Gasteiger charge is 2.27. The fraction of sp³-hybridized carbons (Fsp3) is 0.500. The lowest BCUT2D eigenvalue weighted by Gasteiger charge is -2.35. The molecule has 0 N–H and O–H groups in total. The lowest BCUT2D eigenvalue weighted by Crippen LogP contribution is -2.49. The Balaban J connectivity index is 1.38. The van der Waals surface area contributed by atoms with Crippen LogP contribution in [0.3, 0.4) is 0 Å². The van der Waals surface area contributed by atoms with Crippen molar-refractivity contribution in [3.05, 3.63) is 35.3 Å². The molecule has 2 fully saturated rings. The minimum atomic E-state index is -0.0152. The zero-order valence-corrected chi connectivity index (χ0v) is 13.1. The van der Waals surface area contributed by atoms with Crippen molar-refractivity contribution < 1.29 is 9.32 Å². The Morgan fingerprint density at radius 2 is 1.96 bits per heavy atom. The Bertz CT molecular complexity index is 700. The van der Waals surface area contributed by atoms with Crippen LogP contribution in [0.4, 0.5) is 5.82 Å². The van der Waals surface area contributed by atoms with E-state index in [1.807, 2.05) is 11.0 Å². The van der Waals surface area contributed by atoms with Crippen molar-refractivity contribution in [1.82, 2.24) is 20.3 Å². The van der Waals surface area contributed by atoms with Crippen LogP contribution in [0.25, 0.3) is 0 Å². The molecule has 0 unspecified atom stereocenters. The van der Waals surface area contributed by atoms with Crippen LogP contribution in [-0.4, -0.2) is 52.3 Å². The first kappa shape index (κ1) is 14.2. The Morgan fingerprint density at radius 1 is 1.17 bits per heavy atom. The number of aromatic nitrogens is 3. The molecule has 0 spiro atoms. The normalized spacial score (nSPS) is 18.3. The molecule has 1 saturated carbocycles. The van der Waals surface area contributed by atoms with Gasteiger partial charge in [0, 0.05) is 32.1 Å². The summed E-state index contributed by atoms with van der Waals surface area (Å²) in [5.74, 6) is 2.07. The van der Waals surface area contributed by atoms with Gasteiger partial charge in [-0.1, -0.05) is 5.16 Å². The van der Waals surface area contributed by atoms with Crippen molar-refractivity contribution in [2.75, 3.05) is 31.1 Å². The molecule has 2 aromatic heterocycles. The summed E-state index contributed by atoms with van der Waals surface area (Å²) in [6, 6.07) is 4.13. The summed E-state index contributed by atoms with van der Waals surface area (Å²) in [6.07, 6.45) is 3.96. The van der Waals surface area contributed by atoms with E-state index in [9.17, 15) is 4.79 Å². The van der Waals surface area contributed by atoms with Gasteiger partial charge in [-0.25, -0.2) is 0 Å². The average Bonchev–Trinajstić information content (AvgIpc) is 3.36. The van der Waals surface area contributed by atoms with Gasteiger partial charge in [0.05, 0.1) is 11.9 Å². The maximum absolute atomic E-state index is 12.4. The summed E-state index contributed by atoms with van der Waals surface area (Å²) in [5, 5.41) is 12.4. The minimum absolute atomic E-state index is 0.0152. The van der Waals surface area contributed by atoms with Gasteiger partial charge in [-0.05, 0) is 31.9 Å². The van der Waals surface area contributed by atoms with E-state index in [1.54, 1.807) is 6.92 Å². The minimum Gasteiger partial charge on any atom is -0.361 e. The van der Waals surface area contributed by atoms with E-state index in [4.69, 9.17) is 4.52 Å². The van der Waals surface area contributed by atoms with Gasteiger partial charge in [0.15, 0.2) is 5.82 Å². The van der Waals surface area contributed by atoms with Crippen LogP contribution < -0.4 is 4.90 Å². The van der Waals surface area contributed by atoms with Gasteiger partial charge < -0.3 is 14.3 Å². The van der Waals surface area contributed by atoms with Gasteiger partial charge in [-0.2, -0.15) is 5.10 Å². The highest BCUT2D eigenvalue weighted by molar-refractivity contribution is 5.94. The van der Waals surface area contributed by atoms with Gasteiger partial charge in [0.2, 0.25) is 0 Å². The number of amides is 1. The number of rotatable bonds is 3. The quantitative estimate of drug-likeness (QED) is 0.857. The molecule has 1 aliphatic carbocycles. The van der Waals surface area contributed by atoms with Crippen molar-refractivity contribution in [2.45, 2.75) is 25.7 Å². The second kappa shape index (κ2) is 5.64. The van der Waals surface area contributed by atoms with Crippen molar-refractivity contribution in [2.24, 2.45) is 0 Å². The van der Waals surface area contributed by atoms with Crippen LogP contribution in [-0.2, 0) is 0 Å². The van der Waals surface area contributed by atoms with Crippen LogP contribution >= 0.6 is 0 Å². The smallest absolute Gasteiger partial charge is 0.259 e. The summed E-state index contributed by atoms with van der Waals surface area (Å²) < 4.78 is 4.98. The Morgan fingerprint density at radius 3 is 2.52 bits per heavy atom. The molecule has 3 heterocycles. The molecule has 120 valence electrons. The highest BCUT2D eigenvalue weighted by Crippen LogP contribution is 2.38. The lowest BCUT2D eigenvalue weighted by atomic mass is 10.2. The zero-order chi connectivity index (χ0) is 15.8. The monoisotopic (exact) mass is 313 g/mol. The zero-order valence-electron chi connectivity index (χ0n) is 13.1. The third-order valence-corrected chi connectivity index (χ3v) is 4.54. The van der Waals surface area contributed by atoms with Crippen LogP contribution in [0.2, 0.25) is 0 Å². The van der Waals surface area contributed by atoms with Crippen molar-refractivity contribution in [3.63, 3.8) is 0 Å². The van der Waals surface area contributed by atoms with E-state index < -0.39 is 0 Å². The molecule has 0 aromatic carbocycles. The van der Waals surface area contributed by atoms with Crippen molar-refractivity contribution >= 4 is 11.7 Å². The number of hydrogen-bond acceptors (Lipinski definition) is 6. The first-order chi connectivity index (χ1) is 11.2. The van der Waals surface area contributed by atoms with Gasteiger partial charge in [-0.15, -0.1) is 5.10 Å². The Labute approximate surface area is 134 Å². The second-order valence-electron chi connectivity index (χ2n) is 6.17. The van der Waals surface area contributed by atoms with Crippen LogP contribution in [0.15, 0.2) is 22.9 Å². The van der Waals surface area contributed by atoms with E-state index in [1.165, 1.54) is 19.0 Å². The lowest BCUT2D eigenvalue weighted by molar-refractivity contribution is 0.0744. The number of aryl methyl sites for hydroxylation is 1. The molecule has 7 heteroatoms. The summed E-state index contributed by atoms with van der Waals surface area (Å²) in [7, 11) is 0. The van der Waals surface area contributed by atoms with Crippen LogP contribution in [0, 0.1) is 6.92 Å². The predicted octanol–water partition coefficient (Wildman–Crippen LogP) is 1.61. The molecule has 7 nitrogen and oxygen atoms in total. The largest absolute Gasteiger partial charge is 0.361 e. The van der Waals surface area contributed by atoms with E-state index in [0.29, 0.717) is 30.3 Å². The Hall–Kier alpha value is -2.44. The highest BCUT2D eigenvalue weighted by atomic mass is 16.5. The van der Waals surface area contributed by atoms with Crippen LogP contribution in [0.5, 0.6) is 0 Å². The summed E-state index contributed by atoms with van der Waals surface area (Å²) in [5.41, 5.74) is 1.65. The number of piperazine rings is 1. The topological polar surface area (TPSA) is 75.4 Å². The van der Waals surface area contributed by atoms with Crippen molar-refractivity contribution in [3.8, 4) is 0 Å². The third kappa shape index (κ3) is 2.78. The van der Waals surface area contributed by atoms with E-state index in [-0.39, 0.29) is 5.91 Å². The molecule has 1 saturated heterocycles. The van der Waals surface area contributed by atoms with Gasteiger partial charge in [-0.3, -0.25) is 4.79 Å². The second-order valence-corrected chi connectivity index (χ2v) is 6.17. The molecule has 0 bridgehead atoms. The molecule has 2 aliphatic rings. The fourth-order valence-corrected chi connectivity index (χ4v) is 2.91. The number of carbonyl (C=O) groups is 1. The number of anilines is 1. The number of hydrogen-bond donors (Lipinski definition) is 0. The molecule has 0 atom stereocenters. The molecular weight excluding hydrogens is 294 g/mol. The maximum Gasteiger partial charge on any atom is 0.259 e. The van der Waals surface area contributed by atoms with Crippen LogP contribution in [0.1, 0.15) is 40.6 Å². The summed E-state index contributed by atoms with van der Waals surface area (Å²) in [6.45, 7) is 4.60. The molecule has 0 radical (unpaired) electrons. The van der Waals surface area contributed by atoms with Gasteiger partial charge in [0.1, 0.15) is 11.3 Å². The summed E-state index contributed by atoms with van der Waals surface area (Å²) in [4.78, 5) is 16.4. The molecular formula is C16H19N5O2.